The zero-order valence-corrected chi connectivity index (χ0v) is 16.2. The Morgan fingerprint density at radius 3 is 2.64 bits per heavy atom. The lowest BCUT2D eigenvalue weighted by atomic mass is 9.95. The number of benzene rings is 1. The second-order valence-electron chi connectivity index (χ2n) is 7.08. The molecule has 0 amide bonds. The number of methoxy groups -OCH3 is 3. The smallest absolute Gasteiger partial charge is 0.165 e. The summed E-state index contributed by atoms with van der Waals surface area (Å²) in [5.74, 6) is 2.21. The maximum Gasteiger partial charge on any atom is 0.165 e. The average molecular weight is 369 g/mol. The lowest BCUT2D eigenvalue weighted by Gasteiger charge is -2.35. The molecule has 3 saturated heterocycles. The molecule has 0 radical (unpaired) electrons. The van der Waals surface area contributed by atoms with Crippen molar-refractivity contribution in [2.45, 2.75) is 25.4 Å². The third kappa shape index (κ3) is 4.40. The molecule has 2 bridgehead atoms. The van der Waals surface area contributed by atoms with E-state index in [1.807, 2.05) is 12.1 Å². The third-order valence-electron chi connectivity index (χ3n) is 5.40. The van der Waals surface area contributed by atoms with Crippen molar-refractivity contribution in [2.24, 2.45) is 5.92 Å². The minimum Gasteiger partial charge on any atom is -0.493 e. The van der Waals surface area contributed by atoms with Crippen LogP contribution in [0.4, 0.5) is 0 Å². The van der Waals surface area contributed by atoms with Crippen LogP contribution in [0, 0.1) is 5.92 Å². The van der Waals surface area contributed by atoms with Crippen molar-refractivity contribution in [3.8, 4) is 11.5 Å². The summed E-state index contributed by atoms with van der Waals surface area (Å²) in [6, 6.07) is 4.42. The summed E-state index contributed by atoms with van der Waals surface area (Å²) in [5, 5.41) is 0.687. The molecule has 0 spiro atoms. The van der Waals surface area contributed by atoms with Crippen LogP contribution in [0.15, 0.2) is 12.1 Å². The molecule has 4 rings (SSSR count). The van der Waals surface area contributed by atoms with Crippen LogP contribution >= 0.6 is 11.6 Å². The van der Waals surface area contributed by atoms with Gasteiger partial charge in [0, 0.05) is 62.5 Å². The van der Waals surface area contributed by atoms with Crippen LogP contribution in [-0.2, 0) is 11.3 Å². The Morgan fingerprint density at radius 1 is 1.08 bits per heavy atom. The predicted octanol–water partition coefficient (Wildman–Crippen LogP) is 2.90. The Labute approximate surface area is 155 Å². The first-order valence-electron chi connectivity index (χ1n) is 9.00. The van der Waals surface area contributed by atoms with Crippen LogP contribution in [0.25, 0.3) is 0 Å². The molecule has 1 aromatic carbocycles. The summed E-state index contributed by atoms with van der Waals surface area (Å²) >= 11 is 6.28. The lowest BCUT2D eigenvalue weighted by Crippen LogP contribution is -2.45. The molecule has 0 aliphatic carbocycles. The molecule has 0 saturated carbocycles. The second-order valence-corrected chi connectivity index (χ2v) is 7.52. The van der Waals surface area contributed by atoms with E-state index in [0.29, 0.717) is 16.8 Å². The number of ether oxygens (including phenoxy) is 3. The first kappa shape index (κ1) is 18.8. The Morgan fingerprint density at radius 2 is 1.92 bits per heavy atom. The number of piperidine rings is 1. The number of halogens is 1. The van der Waals surface area contributed by atoms with E-state index in [2.05, 4.69) is 9.80 Å². The van der Waals surface area contributed by atoms with Gasteiger partial charge in [-0.3, -0.25) is 9.80 Å². The first-order chi connectivity index (χ1) is 12.1. The maximum absolute atomic E-state index is 6.28. The topological polar surface area (TPSA) is 34.2 Å². The minimum atomic E-state index is 0.612. The van der Waals surface area contributed by atoms with Gasteiger partial charge < -0.3 is 14.2 Å². The molecule has 0 aromatic heterocycles. The van der Waals surface area contributed by atoms with E-state index in [9.17, 15) is 0 Å². The fourth-order valence-electron chi connectivity index (χ4n) is 4.25. The van der Waals surface area contributed by atoms with Crippen LogP contribution < -0.4 is 9.47 Å². The highest BCUT2D eigenvalue weighted by Crippen LogP contribution is 2.36. The van der Waals surface area contributed by atoms with Crippen LogP contribution in [0.2, 0.25) is 5.02 Å². The van der Waals surface area contributed by atoms with Crippen molar-refractivity contribution in [3.05, 3.63) is 22.7 Å². The second kappa shape index (κ2) is 8.58. The van der Waals surface area contributed by atoms with E-state index in [0.717, 1.165) is 50.0 Å². The third-order valence-corrected chi connectivity index (χ3v) is 5.62. The van der Waals surface area contributed by atoms with Gasteiger partial charge in [-0.1, -0.05) is 11.6 Å². The number of hydrogen-bond acceptors (Lipinski definition) is 5. The molecular formula is C19H29ClN2O3. The zero-order valence-electron chi connectivity index (χ0n) is 15.5. The molecular weight excluding hydrogens is 340 g/mol. The maximum atomic E-state index is 6.28. The van der Waals surface area contributed by atoms with Gasteiger partial charge >= 0.3 is 0 Å². The van der Waals surface area contributed by atoms with Crippen molar-refractivity contribution in [2.75, 3.05) is 54.1 Å². The van der Waals surface area contributed by atoms with E-state index in [1.165, 1.54) is 19.4 Å². The SMILES string of the molecule is COCCN1CC2CCC1CN(Cc1cc(Cl)cc(OC)c1OC)C2. The molecule has 3 aliphatic rings. The standard InChI is InChI=1S/C19H29ClN2O3/c1-23-7-6-22-11-14-4-5-17(22)13-21(10-14)12-15-8-16(20)9-18(24-2)19(15)25-3/h8-9,14,17H,4-7,10-13H2,1-3H3. The quantitative estimate of drug-likeness (QED) is 0.739. The van der Waals surface area contributed by atoms with Crippen molar-refractivity contribution >= 4 is 11.6 Å². The molecule has 5 nitrogen and oxygen atoms in total. The zero-order chi connectivity index (χ0) is 17.8. The van der Waals surface area contributed by atoms with Crippen LogP contribution in [0.1, 0.15) is 18.4 Å². The van der Waals surface area contributed by atoms with Gasteiger partial charge in [0.1, 0.15) is 0 Å². The highest BCUT2D eigenvalue weighted by Gasteiger charge is 2.34. The Kier molecular flexibility index (Phi) is 6.44. The van der Waals surface area contributed by atoms with E-state index in [-0.39, 0.29) is 0 Å². The van der Waals surface area contributed by atoms with E-state index in [1.54, 1.807) is 21.3 Å². The summed E-state index contributed by atoms with van der Waals surface area (Å²) in [7, 11) is 5.12. The highest BCUT2D eigenvalue weighted by molar-refractivity contribution is 6.30. The molecule has 3 aliphatic heterocycles. The fraction of sp³-hybridized carbons (Fsp3) is 0.684. The van der Waals surface area contributed by atoms with Gasteiger partial charge in [0.15, 0.2) is 11.5 Å². The molecule has 25 heavy (non-hydrogen) atoms. The molecule has 1 aromatic rings. The number of fused-ring (bicyclic) bond motifs is 4. The van der Waals surface area contributed by atoms with Crippen molar-refractivity contribution in [3.63, 3.8) is 0 Å². The van der Waals surface area contributed by atoms with Crippen LogP contribution in [-0.4, -0.2) is 70.0 Å². The number of hydrogen-bond donors (Lipinski definition) is 0. The van der Waals surface area contributed by atoms with E-state index in [4.69, 9.17) is 25.8 Å². The summed E-state index contributed by atoms with van der Waals surface area (Å²) in [6.07, 6.45) is 2.60. The van der Waals surface area contributed by atoms with Gasteiger partial charge in [0.05, 0.1) is 20.8 Å². The summed E-state index contributed by atoms with van der Waals surface area (Å²) in [4.78, 5) is 5.15. The van der Waals surface area contributed by atoms with E-state index < -0.39 is 0 Å². The summed E-state index contributed by atoms with van der Waals surface area (Å²) in [5.41, 5.74) is 1.09. The Balaban J connectivity index is 1.75. The van der Waals surface area contributed by atoms with Crippen LogP contribution in [0.3, 0.4) is 0 Å². The Bertz CT molecular complexity index is 584. The average Bonchev–Trinajstić information content (AvgIpc) is 2.89. The van der Waals surface area contributed by atoms with Gasteiger partial charge in [0.25, 0.3) is 0 Å². The molecule has 0 N–H and O–H groups in total. The fourth-order valence-corrected chi connectivity index (χ4v) is 4.48. The van der Waals surface area contributed by atoms with Crippen molar-refractivity contribution in [1.29, 1.82) is 0 Å². The predicted molar refractivity (Wildman–Crippen MR) is 99.8 cm³/mol. The molecule has 6 heteroatoms. The summed E-state index contributed by atoms with van der Waals surface area (Å²) < 4.78 is 16.3. The van der Waals surface area contributed by atoms with E-state index >= 15 is 0 Å². The minimum absolute atomic E-state index is 0.612. The van der Waals surface area contributed by atoms with Gasteiger partial charge in [-0.05, 0) is 24.8 Å². The number of rotatable bonds is 7. The molecule has 2 unspecified atom stereocenters. The lowest BCUT2D eigenvalue weighted by molar-refractivity contribution is 0.0867. The molecule has 2 atom stereocenters. The first-order valence-corrected chi connectivity index (χ1v) is 9.38. The van der Waals surface area contributed by atoms with Gasteiger partial charge in [-0.25, -0.2) is 0 Å². The van der Waals surface area contributed by atoms with Gasteiger partial charge in [0.2, 0.25) is 0 Å². The highest BCUT2D eigenvalue weighted by atomic mass is 35.5. The van der Waals surface area contributed by atoms with Crippen molar-refractivity contribution in [1.82, 2.24) is 9.80 Å². The molecule has 140 valence electrons. The molecule has 3 fully saturated rings. The number of nitrogens with zero attached hydrogens (tertiary/aromatic N) is 2. The largest absolute Gasteiger partial charge is 0.493 e. The summed E-state index contributed by atoms with van der Waals surface area (Å²) in [6.45, 7) is 6.06. The monoisotopic (exact) mass is 368 g/mol. The van der Waals surface area contributed by atoms with Gasteiger partial charge in [-0.2, -0.15) is 0 Å². The van der Waals surface area contributed by atoms with Gasteiger partial charge in [-0.15, -0.1) is 0 Å². The molecule has 3 heterocycles. The Hall–Kier alpha value is -1.01. The van der Waals surface area contributed by atoms with Crippen molar-refractivity contribution < 1.29 is 14.2 Å². The normalized spacial score (nSPS) is 24.3. The van der Waals surface area contributed by atoms with Crippen LogP contribution in [0.5, 0.6) is 11.5 Å².